The molecule has 0 bridgehead atoms. The largest absolute Gasteiger partial charge is 0.493 e. The Bertz CT molecular complexity index is 934. The van der Waals surface area contributed by atoms with Crippen LogP contribution in [0.5, 0.6) is 11.5 Å². The van der Waals surface area contributed by atoms with Crippen molar-refractivity contribution in [1.29, 1.82) is 0 Å². The molecule has 0 saturated carbocycles. The van der Waals surface area contributed by atoms with Gasteiger partial charge in [0.25, 0.3) is 0 Å². The summed E-state index contributed by atoms with van der Waals surface area (Å²) in [5.41, 5.74) is 1.22. The van der Waals surface area contributed by atoms with Crippen LogP contribution >= 0.6 is 11.8 Å². The second-order valence-electron chi connectivity index (χ2n) is 7.91. The average Bonchev–Trinajstić information content (AvgIpc) is 3.19. The number of nitrogens with zero attached hydrogens (tertiary/aromatic N) is 3. The van der Waals surface area contributed by atoms with E-state index in [1.165, 1.54) is 0 Å². The van der Waals surface area contributed by atoms with Crippen LogP contribution in [0, 0.1) is 0 Å². The molecule has 1 aromatic heterocycles. The van der Waals surface area contributed by atoms with Gasteiger partial charge in [-0.05, 0) is 44.3 Å². The summed E-state index contributed by atoms with van der Waals surface area (Å²) in [5, 5.41) is 3.92. The lowest BCUT2D eigenvalue weighted by Crippen LogP contribution is -2.29. The van der Waals surface area contributed by atoms with Gasteiger partial charge in [-0.15, -0.1) is 11.8 Å². The number of amides is 1. The predicted molar refractivity (Wildman–Crippen MR) is 131 cm³/mol. The quantitative estimate of drug-likeness (QED) is 0.549. The molecule has 32 heavy (non-hydrogen) atoms. The Morgan fingerprint density at radius 2 is 2.06 bits per heavy atom. The van der Waals surface area contributed by atoms with E-state index in [0.29, 0.717) is 30.2 Å². The molecule has 0 saturated heterocycles. The molecule has 1 amide bonds. The molecule has 7 nitrogen and oxygen atoms in total. The normalized spacial score (nSPS) is 17.8. The van der Waals surface area contributed by atoms with Crippen LogP contribution in [0.1, 0.15) is 32.8 Å². The topological polar surface area (TPSA) is 76.0 Å². The van der Waals surface area contributed by atoms with Crippen LogP contribution in [0.15, 0.2) is 47.7 Å². The van der Waals surface area contributed by atoms with Crippen LogP contribution in [-0.4, -0.2) is 65.5 Å². The van der Waals surface area contributed by atoms with Gasteiger partial charge >= 0.3 is 0 Å². The van der Waals surface area contributed by atoms with E-state index in [4.69, 9.17) is 14.5 Å². The number of anilines is 1. The minimum absolute atomic E-state index is 0.0801. The highest BCUT2D eigenvalue weighted by Gasteiger charge is 2.33. The fourth-order valence-electron chi connectivity index (χ4n) is 3.50. The van der Waals surface area contributed by atoms with Gasteiger partial charge in [-0.25, -0.2) is 0 Å². The molecule has 0 radical (unpaired) electrons. The van der Waals surface area contributed by atoms with E-state index in [0.717, 1.165) is 36.0 Å². The minimum atomic E-state index is -0.449. The summed E-state index contributed by atoms with van der Waals surface area (Å²) in [7, 11) is 1.61. The third-order valence-electron chi connectivity index (χ3n) is 5.35. The van der Waals surface area contributed by atoms with Gasteiger partial charge in [0.05, 0.1) is 24.1 Å². The lowest BCUT2D eigenvalue weighted by molar-refractivity contribution is -0.117. The van der Waals surface area contributed by atoms with Gasteiger partial charge < -0.3 is 19.7 Å². The van der Waals surface area contributed by atoms with Crippen molar-refractivity contribution < 1.29 is 14.3 Å². The number of aromatic nitrogens is 1. The number of aliphatic imine (C=N–C) groups is 1. The zero-order valence-electron chi connectivity index (χ0n) is 19.3. The van der Waals surface area contributed by atoms with E-state index in [2.05, 4.69) is 29.0 Å². The number of carbonyl (C=O) groups is 1. The van der Waals surface area contributed by atoms with Crippen LogP contribution < -0.4 is 14.8 Å². The Kier molecular flexibility index (Phi) is 8.53. The van der Waals surface area contributed by atoms with Gasteiger partial charge in [-0.1, -0.05) is 13.8 Å². The van der Waals surface area contributed by atoms with E-state index in [1.54, 1.807) is 31.3 Å². The van der Waals surface area contributed by atoms with E-state index in [-0.39, 0.29) is 5.91 Å². The van der Waals surface area contributed by atoms with Crippen molar-refractivity contribution in [2.75, 3.05) is 44.4 Å². The summed E-state index contributed by atoms with van der Waals surface area (Å²) >= 11 is 1.66. The molecule has 1 aliphatic heterocycles. The zero-order valence-corrected chi connectivity index (χ0v) is 20.1. The Morgan fingerprint density at radius 1 is 1.25 bits per heavy atom. The molecule has 0 fully saturated rings. The van der Waals surface area contributed by atoms with Gasteiger partial charge in [0.1, 0.15) is 6.61 Å². The monoisotopic (exact) mass is 456 g/mol. The van der Waals surface area contributed by atoms with E-state index in [9.17, 15) is 4.79 Å². The molecule has 2 heterocycles. The van der Waals surface area contributed by atoms with Gasteiger partial charge in [-0.3, -0.25) is 14.8 Å². The van der Waals surface area contributed by atoms with Crippen molar-refractivity contribution in [2.24, 2.45) is 4.99 Å². The molecule has 1 aliphatic rings. The van der Waals surface area contributed by atoms with Gasteiger partial charge in [-0.2, -0.15) is 0 Å². The number of carbonyl (C=O) groups excluding carboxylic acids is 1. The molecule has 8 heteroatoms. The standard InChI is InChI=1S/C24H32N4O3S/c1-5-28(6-2)12-13-31-21-14-19(9-10-20(21)30-4)26-22(29)15-24(3)17-32-23(27-24)18-8-7-11-25-16-18/h7-11,14,16H,5-6,12-13,15,17H2,1-4H3,(H,26,29). The Balaban J connectivity index is 1.61. The van der Waals surface area contributed by atoms with Gasteiger partial charge in [0, 0.05) is 42.0 Å². The van der Waals surface area contributed by atoms with Crippen molar-refractivity contribution in [3.8, 4) is 11.5 Å². The zero-order chi connectivity index (χ0) is 23.0. The van der Waals surface area contributed by atoms with Gasteiger partial charge in [0.2, 0.25) is 5.91 Å². The van der Waals surface area contributed by atoms with E-state index >= 15 is 0 Å². The number of hydrogen-bond acceptors (Lipinski definition) is 7. The lowest BCUT2D eigenvalue weighted by Gasteiger charge is -2.20. The number of pyridine rings is 1. The number of hydrogen-bond donors (Lipinski definition) is 1. The summed E-state index contributed by atoms with van der Waals surface area (Å²) in [6.45, 7) is 9.63. The van der Waals surface area contributed by atoms with Gasteiger partial charge in [0.15, 0.2) is 11.5 Å². The first kappa shape index (κ1) is 24.1. The van der Waals surface area contributed by atoms with E-state index in [1.807, 2.05) is 37.3 Å². The smallest absolute Gasteiger partial charge is 0.226 e. The maximum atomic E-state index is 12.8. The molecule has 1 atom stereocenters. The molecular weight excluding hydrogens is 424 g/mol. The molecule has 1 aromatic carbocycles. The van der Waals surface area contributed by atoms with Crippen molar-refractivity contribution in [1.82, 2.24) is 9.88 Å². The summed E-state index contributed by atoms with van der Waals surface area (Å²) in [4.78, 5) is 24.1. The minimum Gasteiger partial charge on any atom is -0.493 e. The number of thioether (sulfide) groups is 1. The summed E-state index contributed by atoms with van der Waals surface area (Å²) < 4.78 is 11.4. The number of methoxy groups -OCH3 is 1. The van der Waals surface area contributed by atoms with Crippen molar-refractivity contribution in [3.05, 3.63) is 48.3 Å². The first-order valence-electron chi connectivity index (χ1n) is 10.9. The first-order chi connectivity index (χ1) is 15.5. The SMILES string of the molecule is CCN(CC)CCOc1cc(NC(=O)CC2(C)CSC(c3cccnc3)=N2)ccc1OC. The van der Waals surface area contributed by atoms with Crippen molar-refractivity contribution in [3.63, 3.8) is 0 Å². The Hall–Kier alpha value is -2.58. The molecule has 1 unspecified atom stereocenters. The molecule has 172 valence electrons. The summed E-state index contributed by atoms with van der Waals surface area (Å²) in [6.07, 6.45) is 3.84. The van der Waals surface area contributed by atoms with E-state index < -0.39 is 5.54 Å². The van der Waals surface area contributed by atoms with Crippen molar-refractivity contribution >= 4 is 28.4 Å². The summed E-state index contributed by atoms with van der Waals surface area (Å²) in [6, 6.07) is 9.34. The third-order valence-corrected chi connectivity index (χ3v) is 6.71. The molecule has 0 spiro atoms. The number of likely N-dealkylation sites (N-methyl/N-ethyl adjacent to an activating group) is 1. The van der Waals surface area contributed by atoms with Crippen molar-refractivity contribution in [2.45, 2.75) is 32.7 Å². The maximum absolute atomic E-state index is 12.8. The lowest BCUT2D eigenvalue weighted by atomic mass is 10.0. The summed E-state index contributed by atoms with van der Waals surface area (Å²) in [5.74, 6) is 1.94. The second kappa shape index (κ2) is 11.3. The number of nitrogens with one attached hydrogen (secondary N) is 1. The number of ether oxygens (including phenoxy) is 2. The maximum Gasteiger partial charge on any atom is 0.226 e. The number of rotatable bonds is 11. The Morgan fingerprint density at radius 3 is 2.75 bits per heavy atom. The highest BCUT2D eigenvalue weighted by Crippen LogP contribution is 2.34. The van der Waals surface area contributed by atoms with Crippen LogP contribution in [0.2, 0.25) is 0 Å². The van der Waals surface area contributed by atoms with Crippen LogP contribution in [0.3, 0.4) is 0 Å². The average molecular weight is 457 g/mol. The van der Waals surface area contributed by atoms with Crippen LogP contribution in [0.25, 0.3) is 0 Å². The molecule has 3 rings (SSSR count). The molecular formula is C24H32N4O3S. The fourth-order valence-corrected chi connectivity index (χ4v) is 4.69. The molecule has 2 aromatic rings. The second-order valence-corrected chi connectivity index (χ2v) is 8.87. The molecule has 0 aliphatic carbocycles. The third kappa shape index (κ3) is 6.46. The highest BCUT2D eigenvalue weighted by molar-refractivity contribution is 8.14. The van der Waals surface area contributed by atoms with Crippen LogP contribution in [0.4, 0.5) is 5.69 Å². The first-order valence-corrected chi connectivity index (χ1v) is 11.9. The van der Waals surface area contributed by atoms with Crippen LogP contribution in [-0.2, 0) is 4.79 Å². The Labute approximate surface area is 194 Å². The fraction of sp³-hybridized carbons (Fsp3) is 0.458. The molecule has 1 N–H and O–H groups in total. The predicted octanol–water partition coefficient (Wildman–Crippen LogP) is 4.09. The number of benzene rings is 1. The highest BCUT2D eigenvalue weighted by atomic mass is 32.2.